The zero-order chi connectivity index (χ0) is 22.5. The van der Waals surface area contributed by atoms with E-state index in [2.05, 4.69) is 31.2 Å². The van der Waals surface area contributed by atoms with Crippen molar-refractivity contribution in [2.45, 2.75) is 19.9 Å². The number of halogens is 1. The second-order valence-corrected chi connectivity index (χ2v) is 8.80. The van der Waals surface area contributed by atoms with Crippen molar-refractivity contribution in [2.24, 2.45) is 5.41 Å². The Balaban J connectivity index is 1.19. The number of aromatic amines is 1. The normalized spacial score (nSPS) is 17.3. The lowest BCUT2D eigenvalue weighted by molar-refractivity contribution is -0.0276. The number of aryl methyl sites for hydroxylation is 1. The van der Waals surface area contributed by atoms with Crippen molar-refractivity contribution >= 4 is 22.6 Å². The van der Waals surface area contributed by atoms with E-state index in [0.717, 1.165) is 49.3 Å². The molecule has 1 spiro atoms. The topological polar surface area (TPSA) is 94.2 Å². The van der Waals surface area contributed by atoms with Gasteiger partial charge in [0.1, 0.15) is 11.4 Å². The van der Waals surface area contributed by atoms with Crippen LogP contribution >= 0.6 is 0 Å². The molecule has 1 amide bonds. The number of aromatic nitrogens is 3. The highest BCUT2D eigenvalue weighted by molar-refractivity contribution is 5.92. The van der Waals surface area contributed by atoms with Gasteiger partial charge in [0.15, 0.2) is 0 Å². The number of anilines is 1. The number of carbonyl (C=O) groups is 1. The maximum absolute atomic E-state index is 14.4. The van der Waals surface area contributed by atoms with Crippen LogP contribution in [0.3, 0.4) is 0 Å². The van der Waals surface area contributed by atoms with Gasteiger partial charge < -0.3 is 15.2 Å². The summed E-state index contributed by atoms with van der Waals surface area (Å²) in [5.41, 5.74) is 3.82. The number of benzene rings is 1. The summed E-state index contributed by atoms with van der Waals surface area (Å²) in [6.45, 7) is 6.15. The van der Waals surface area contributed by atoms with E-state index in [9.17, 15) is 14.0 Å². The molecular formula is C23H25FN6O2. The lowest BCUT2D eigenvalue weighted by Crippen LogP contribution is -2.72. The number of likely N-dealkylation sites (tertiary alicyclic amines) is 1. The predicted octanol–water partition coefficient (Wildman–Crippen LogP) is 1.70. The molecule has 2 aliphatic rings. The highest BCUT2D eigenvalue weighted by Gasteiger charge is 2.52. The van der Waals surface area contributed by atoms with Crippen LogP contribution in [0.5, 0.6) is 0 Å². The minimum Gasteiger partial charge on any atom is -0.366 e. The second-order valence-electron chi connectivity index (χ2n) is 8.80. The molecular weight excluding hydrogens is 411 g/mol. The Morgan fingerprint density at radius 2 is 1.97 bits per heavy atom. The number of hydrogen-bond acceptors (Lipinski definition) is 6. The summed E-state index contributed by atoms with van der Waals surface area (Å²) < 4.78 is 14.4. The molecule has 166 valence electrons. The molecule has 2 aliphatic heterocycles. The molecule has 8 nitrogen and oxygen atoms in total. The number of pyridine rings is 1. The monoisotopic (exact) mass is 436 g/mol. The van der Waals surface area contributed by atoms with Crippen molar-refractivity contribution in [1.29, 1.82) is 0 Å². The molecule has 0 unspecified atom stereocenters. The molecule has 0 bridgehead atoms. The summed E-state index contributed by atoms with van der Waals surface area (Å²) in [5.74, 6) is -1.01. The second kappa shape index (κ2) is 7.67. The average Bonchev–Trinajstić information content (AvgIpc) is 2.73. The molecule has 0 aliphatic carbocycles. The van der Waals surface area contributed by atoms with Crippen molar-refractivity contribution in [2.75, 3.05) is 38.1 Å². The number of hydrogen-bond donors (Lipinski definition) is 2. The molecule has 1 aromatic carbocycles. The number of amides is 1. The number of fused-ring (bicyclic) bond motifs is 1. The van der Waals surface area contributed by atoms with Gasteiger partial charge in [-0.15, -0.1) is 0 Å². The number of carbonyl (C=O) groups excluding carboxylic acids is 1. The molecule has 32 heavy (non-hydrogen) atoms. The highest BCUT2D eigenvalue weighted by atomic mass is 19.1. The zero-order valence-electron chi connectivity index (χ0n) is 18.1. The van der Waals surface area contributed by atoms with Crippen molar-refractivity contribution < 1.29 is 9.18 Å². The third-order valence-electron chi connectivity index (χ3n) is 6.37. The van der Waals surface area contributed by atoms with Gasteiger partial charge in [-0.05, 0) is 36.2 Å². The predicted molar refractivity (Wildman–Crippen MR) is 119 cm³/mol. The van der Waals surface area contributed by atoms with E-state index in [1.165, 1.54) is 7.05 Å². The van der Waals surface area contributed by atoms with Gasteiger partial charge in [0.25, 0.3) is 11.5 Å². The molecule has 2 fully saturated rings. The maximum Gasteiger partial charge on any atom is 0.270 e. The first-order chi connectivity index (χ1) is 15.4. The van der Waals surface area contributed by atoms with E-state index in [-0.39, 0.29) is 16.7 Å². The van der Waals surface area contributed by atoms with Crippen molar-refractivity contribution in [1.82, 2.24) is 25.2 Å². The number of nitrogens with zero attached hydrogens (tertiary/aromatic N) is 4. The van der Waals surface area contributed by atoms with Gasteiger partial charge in [-0.1, -0.05) is 13.0 Å². The fourth-order valence-corrected chi connectivity index (χ4v) is 4.83. The fraction of sp³-hybridized carbons (Fsp3) is 0.391. The summed E-state index contributed by atoms with van der Waals surface area (Å²) in [7, 11) is 1.49. The molecule has 2 saturated heterocycles. The Kier molecular flexibility index (Phi) is 4.93. The smallest absolute Gasteiger partial charge is 0.270 e. The third-order valence-corrected chi connectivity index (χ3v) is 6.37. The molecule has 0 radical (unpaired) electrons. The summed E-state index contributed by atoms with van der Waals surface area (Å²) in [6.07, 6.45) is 0.609. The Morgan fingerprint density at radius 3 is 2.66 bits per heavy atom. The summed E-state index contributed by atoms with van der Waals surface area (Å²) in [4.78, 5) is 39.2. The van der Waals surface area contributed by atoms with Gasteiger partial charge in [-0.2, -0.15) is 4.39 Å². The third kappa shape index (κ3) is 3.52. The average molecular weight is 436 g/mol. The first-order valence-corrected chi connectivity index (χ1v) is 10.8. The van der Waals surface area contributed by atoms with Crippen LogP contribution in [0.15, 0.2) is 35.1 Å². The first kappa shape index (κ1) is 20.6. The van der Waals surface area contributed by atoms with Gasteiger partial charge in [0.05, 0.1) is 16.7 Å². The van der Waals surface area contributed by atoms with Crippen molar-refractivity contribution in [3.8, 4) is 0 Å². The van der Waals surface area contributed by atoms with Crippen molar-refractivity contribution in [3.63, 3.8) is 0 Å². The maximum atomic E-state index is 14.4. The van der Waals surface area contributed by atoms with Crippen LogP contribution in [0.4, 0.5) is 10.1 Å². The highest BCUT2D eigenvalue weighted by Crippen LogP contribution is 2.42. The molecule has 0 saturated carbocycles. The van der Waals surface area contributed by atoms with E-state index in [4.69, 9.17) is 0 Å². The number of H-pyrrole nitrogens is 1. The minimum absolute atomic E-state index is 0.0802. The molecule has 4 heterocycles. The SMILES string of the molecule is CCc1nc2ccc(CN3CC4(C3)CN(c3ccc(C(=O)NC)nc3F)C4)cc2[nH]c1=O. The fourth-order valence-electron chi connectivity index (χ4n) is 4.83. The van der Waals surface area contributed by atoms with Gasteiger partial charge in [-0.3, -0.25) is 14.5 Å². The van der Waals surface area contributed by atoms with Crippen LogP contribution in [0.1, 0.15) is 28.7 Å². The van der Waals surface area contributed by atoms with Crippen LogP contribution < -0.4 is 15.8 Å². The van der Waals surface area contributed by atoms with Gasteiger partial charge in [0.2, 0.25) is 5.95 Å². The van der Waals surface area contributed by atoms with Gasteiger partial charge >= 0.3 is 0 Å². The Bertz CT molecular complexity index is 1260. The van der Waals surface area contributed by atoms with Crippen LogP contribution in [0.25, 0.3) is 11.0 Å². The Morgan fingerprint density at radius 1 is 1.19 bits per heavy atom. The Hall–Kier alpha value is -3.33. The van der Waals surface area contributed by atoms with Crippen LogP contribution in [-0.2, 0) is 13.0 Å². The molecule has 3 aromatic rings. The largest absolute Gasteiger partial charge is 0.366 e. The quantitative estimate of drug-likeness (QED) is 0.592. The number of rotatable bonds is 5. The standard InChI is InChI=1S/C23H25FN6O2/c1-3-15-22(32)28-18-8-14(4-5-16(18)26-15)9-29-10-23(11-29)12-30(13-23)19-7-6-17(21(31)25-2)27-20(19)24/h4-8H,3,9-13H2,1-2H3,(H,25,31)(H,28,32). The summed E-state index contributed by atoms with van der Waals surface area (Å²) in [6, 6.07) is 9.19. The van der Waals surface area contributed by atoms with E-state index in [0.29, 0.717) is 17.8 Å². The van der Waals surface area contributed by atoms with Gasteiger partial charge in [0, 0.05) is 45.2 Å². The lowest BCUT2D eigenvalue weighted by atomic mass is 9.72. The van der Waals surface area contributed by atoms with E-state index in [1.54, 1.807) is 12.1 Å². The zero-order valence-corrected chi connectivity index (χ0v) is 18.1. The van der Waals surface area contributed by atoms with Crippen LogP contribution in [0.2, 0.25) is 0 Å². The van der Waals surface area contributed by atoms with E-state index >= 15 is 0 Å². The van der Waals surface area contributed by atoms with Crippen LogP contribution in [0, 0.1) is 11.4 Å². The minimum atomic E-state index is -0.609. The molecule has 9 heteroatoms. The molecule has 2 aromatic heterocycles. The van der Waals surface area contributed by atoms with Crippen LogP contribution in [-0.4, -0.2) is 59.0 Å². The Labute approximate surface area is 184 Å². The number of nitrogens with one attached hydrogen (secondary N) is 2. The first-order valence-electron chi connectivity index (χ1n) is 10.8. The van der Waals surface area contributed by atoms with Gasteiger partial charge in [-0.25, -0.2) is 9.97 Å². The van der Waals surface area contributed by atoms with E-state index < -0.39 is 11.9 Å². The molecule has 0 atom stereocenters. The molecule has 5 rings (SSSR count). The van der Waals surface area contributed by atoms with E-state index in [1.807, 2.05) is 24.0 Å². The summed E-state index contributed by atoms with van der Waals surface area (Å²) in [5, 5.41) is 2.45. The van der Waals surface area contributed by atoms with Crippen molar-refractivity contribution in [3.05, 3.63) is 63.6 Å². The lowest BCUT2D eigenvalue weighted by Gasteiger charge is -2.61. The molecule has 2 N–H and O–H groups in total. The summed E-state index contributed by atoms with van der Waals surface area (Å²) >= 11 is 0.